The van der Waals surface area contributed by atoms with E-state index in [1.54, 1.807) is 62.3 Å². The van der Waals surface area contributed by atoms with Crippen LogP contribution in [0.2, 0.25) is 0 Å². The van der Waals surface area contributed by atoms with Crippen LogP contribution in [0.15, 0.2) is 0 Å². The van der Waals surface area contributed by atoms with E-state index >= 15 is 0 Å². The summed E-state index contributed by atoms with van der Waals surface area (Å²) in [6.07, 6.45) is -0.110. The molecule has 0 aliphatic heterocycles. The number of carbonyl (C=O) groups is 1. The van der Waals surface area contributed by atoms with Gasteiger partial charge in [0.25, 0.3) is 0 Å². The smallest absolute Gasteiger partial charge is 0.345 e. The van der Waals surface area contributed by atoms with Crippen molar-refractivity contribution >= 4 is 13.6 Å². The molecule has 0 aliphatic rings. The van der Waals surface area contributed by atoms with Gasteiger partial charge in [-0.1, -0.05) is 0 Å². The molecule has 0 unspecified atom stereocenters. The first-order chi connectivity index (χ1) is 10.9. The second kappa shape index (κ2) is 8.96. The van der Waals surface area contributed by atoms with Crippen molar-refractivity contribution in [2.75, 3.05) is 26.0 Å². The van der Waals surface area contributed by atoms with E-state index < -0.39 is 30.4 Å². The molecule has 0 saturated heterocycles. The summed E-state index contributed by atoms with van der Waals surface area (Å²) in [5, 5.41) is 9.28. The van der Waals surface area contributed by atoms with Gasteiger partial charge < -0.3 is 18.9 Å². The second-order valence-corrected chi connectivity index (χ2v) is 10.9. The molecular formula is C17H36NO6P. The summed E-state index contributed by atoms with van der Waals surface area (Å²) in [6.45, 7) is 15.9. The largest absolute Gasteiger partial charge is 0.459 e. The SMILES string of the molecule is CC(C)(C)OC(=O)CN(CCO)CP(=O)(OC(C)(C)C)OC(C)(C)C. The number of nitrogens with zero attached hydrogens (tertiary/aromatic N) is 1. The molecule has 0 fully saturated rings. The van der Waals surface area contributed by atoms with E-state index in [1.165, 1.54) is 4.90 Å². The number of rotatable bonds is 8. The number of hydrogen-bond donors (Lipinski definition) is 1. The molecular weight excluding hydrogens is 345 g/mol. The van der Waals surface area contributed by atoms with E-state index in [2.05, 4.69) is 0 Å². The average Bonchev–Trinajstić information content (AvgIpc) is 2.18. The lowest BCUT2D eigenvalue weighted by atomic mass is 10.2. The van der Waals surface area contributed by atoms with Crippen LogP contribution >= 0.6 is 7.60 Å². The van der Waals surface area contributed by atoms with Crippen LogP contribution in [0.5, 0.6) is 0 Å². The van der Waals surface area contributed by atoms with Crippen molar-refractivity contribution in [1.29, 1.82) is 0 Å². The summed E-state index contributed by atoms with van der Waals surface area (Å²) < 4.78 is 30.0. The van der Waals surface area contributed by atoms with Crippen molar-refractivity contribution in [3.63, 3.8) is 0 Å². The molecule has 1 N–H and O–H groups in total. The van der Waals surface area contributed by atoms with Gasteiger partial charge in [0.15, 0.2) is 0 Å². The quantitative estimate of drug-likeness (QED) is 0.509. The zero-order valence-electron chi connectivity index (χ0n) is 17.2. The lowest BCUT2D eigenvalue weighted by Crippen LogP contribution is -2.38. The summed E-state index contributed by atoms with van der Waals surface area (Å²) in [4.78, 5) is 13.6. The molecule has 0 aromatic heterocycles. The van der Waals surface area contributed by atoms with Gasteiger partial charge in [-0.15, -0.1) is 0 Å². The highest BCUT2D eigenvalue weighted by atomic mass is 31.2. The van der Waals surface area contributed by atoms with Crippen LogP contribution < -0.4 is 0 Å². The first-order valence-corrected chi connectivity index (χ1v) is 10.2. The van der Waals surface area contributed by atoms with Crippen molar-refractivity contribution in [3.05, 3.63) is 0 Å². The fourth-order valence-electron chi connectivity index (χ4n) is 2.05. The Kier molecular flexibility index (Phi) is 8.79. The normalized spacial score (nSPS) is 14.0. The van der Waals surface area contributed by atoms with Crippen LogP contribution in [0.1, 0.15) is 62.3 Å². The predicted molar refractivity (Wildman–Crippen MR) is 98.7 cm³/mol. The van der Waals surface area contributed by atoms with E-state index in [0.717, 1.165) is 0 Å². The number of hydrogen-bond acceptors (Lipinski definition) is 7. The molecule has 0 saturated carbocycles. The van der Waals surface area contributed by atoms with Crippen LogP contribution in [0, 0.1) is 0 Å². The number of ether oxygens (including phenoxy) is 1. The van der Waals surface area contributed by atoms with Gasteiger partial charge in [-0.3, -0.25) is 14.3 Å². The Balaban J connectivity index is 5.28. The first-order valence-electron chi connectivity index (χ1n) is 8.50. The molecule has 0 spiro atoms. The molecule has 0 atom stereocenters. The summed E-state index contributed by atoms with van der Waals surface area (Å²) in [5.41, 5.74) is -1.98. The molecule has 150 valence electrons. The standard InChI is InChI=1S/C17H36NO6P/c1-15(2,3)22-14(20)12-18(10-11-19)13-25(21,23-16(4,5)6)24-17(7,8)9/h19H,10-13H2,1-9H3. The van der Waals surface area contributed by atoms with Gasteiger partial charge in [-0.05, 0) is 62.3 Å². The van der Waals surface area contributed by atoms with Crippen molar-refractivity contribution in [2.45, 2.75) is 79.1 Å². The topological polar surface area (TPSA) is 85.3 Å². The van der Waals surface area contributed by atoms with Gasteiger partial charge in [-0.2, -0.15) is 0 Å². The molecule has 7 nitrogen and oxygen atoms in total. The minimum Gasteiger partial charge on any atom is -0.459 e. The molecule has 0 aromatic carbocycles. The Morgan fingerprint density at radius 1 is 0.920 bits per heavy atom. The van der Waals surface area contributed by atoms with Gasteiger partial charge in [0.2, 0.25) is 0 Å². The fourth-order valence-corrected chi connectivity index (χ4v) is 4.61. The average molecular weight is 381 g/mol. The second-order valence-electron chi connectivity index (χ2n) is 9.02. The first kappa shape index (κ1) is 24.5. The van der Waals surface area contributed by atoms with Crippen LogP contribution in [-0.2, 0) is 23.1 Å². The molecule has 0 bridgehead atoms. The van der Waals surface area contributed by atoms with Gasteiger partial charge in [0, 0.05) is 6.54 Å². The minimum absolute atomic E-state index is 0.108. The Morgan fingerprint density at radius 3 is 1.68 bits per heavy atom. The zero-order valence-corrected chi connectivity index (χ0v) is 18.1. The van der Waals surface area contributed by atoms with Gasteiger partial charge >= 0.3 is 13.6 Å². The Hall–Kier alpha value is -0.460. The van der Waals surface area contributed by atoms with Crippen molar-refractivity contribution in [1.82, 2.24) is 4.90 Å². The van der Waals surface area contributed by atoms with Crippen molar-refractivity contribution in [2.24, 2.45) is 0 Å². The highest BCUT2D eigenvalue weighted by Gasteiger charge is 2.37. The summed E-state index contributed by atoms with van der Waals surface area (Å²) in [5.74, 6) is -0.459. The third-order valence-electron chi connectivity index (χ3n) is 2.39. The highest BCUT2D eigenvalue weighted by Crippen LogP contribution is 2.54. The number of aliphatic hydroxyl groups excluding tert-OH is 1. The van der Waals surface area contributed by atoms with E-state index in [4.69, 9.17) is 13.8 Å². The maximum atomic E-state index is 13.3. The van der Waals surface area contributed by atoms with Gasteiger partial charge in [0.05, 0.1) is 24.4 Å². The van der Waals surface area contributed by atoms with E-state index in [-0.39, 0.29) is 26.0 Å². The Labute approximate surface area is 152 Å². The fraction of sp³-hybridized carbons (Fsp3) is 0.941. The highest BCUT2D eigenvalue weighted by molar-refractivity contribution is 7.53. The van der Waals surface area contributed by atoms with Gasteiger partial charge in [-0.25, -0.2) is 0 Å². The number of carbonyl (C=O) groups excluding carboxylic acids is 1. The van der Waals surface area contributed by atoms with Crippen LogP contribution in [0.4, 0.5) is 0 Å². The minimum atomic E-state index is -3.55. The van der Waals surface area contributed by atoms with Crippen molar-refractivity contribution in [3.8, 4) is 0 Å². The summed E-state index contributed by atoms with van der Waals surface area (Å²) in [6, 6.07) is 0. The van der Waals surface area contributed by atoms with E-state index in [0.29, 0.717) is 0 Å². The zero-order chi connectivity index (χ0) is 20.1. The molecule has 0 radical (unpaired) electrons. The monoisotopic (exact) mass is 381 g/mol. The number of aliphatic hydroxyl groups is 1. The molecule has 25 heavy (non-hydrogen) atoms. The Bertz CT molecular complexity index is 453. The maximum Gasteiger partial charge on any atom is 0.345 e. The number of esters is 1. The van der Waals surface area contributed by atoms with Crippen LogP contribution in [0.3, 0.4) is 0 Å². The van der Waals surface area contributed by atoms with Crippen molar-refractivity contribution < 1.29 is 28.3 Å². The molecule has 0 rings (SSSR count). The molecule has 0 amide bonds. The van der Waals surface area contributed by atoms with Gasteiger partial charge in [0.1, 0.15) is 11.9 Å². The van der Waals surface area contributed by atoms with Crippen LogP contribution in [0.25, 0.3) is 0 Å². The molecule has 0 heterocycles. The lowest BCUT2D eigenvalue weighted by Gasteiger charge is -2.34. The molecule has 0 aromatic rings. The molecule has 0 aliphatic carbocycles. The lowest BCUT2D eigenvalue weighted by molar-refractivity contribution is -0.156. The summed E-state index contributed by atoms with van der Waals surface area (Å²) in [7, 11) is -3.55. The Morgan fingerprint density at radius 2 is 1.36 bits per heavy atom. The van der Waals surface area contributed by atoms with E-state index in [1.807, 2.05) is 0 Å². The summed E-state index contributed by atoms with van der Waals surface area (Å²) >= 11 is 0. The predicted octanol–water partition coefficient (Wildman–Crippen LogP) is 3.40. The maximum absolute atomic E-state index is 13.3. The third kappa shape index (κ3) is 13.4. The van der Waals surface area contributed by atoms with E-state index in [9.17, 15) is 14.5 Å². The van der Waals surface area contributed by atoms with Crippen LogP contribution in [-0.4, -0.2) is 58.8 Å². The third-order valence-corrected chi connectivity index (χ3v) is 4.79. The molecule has 8 heteroatoms.